The fourth-order valence-electron chi connectivity index (χ4n) is 1.76. The highest BCUT2D eigenvalue weighted by Crippen LogP contribution is 2.07. The number of nitrogens with zero attached hydrogens (tertiary/aromatic N) is 1. The number of rotatable bonds is 3. The average molecular weight is 277 g/mol. The minimum Gasteiger partial charge on any atom is -0.477 e. The average Bonchev–Trinajstić information content (AvgIpc) is 2.42. The third-order valence-electron chi connectivity index (χ3n) is 2.79. The summed E-state index contributed by atoms with van der Waals surface area (Å²) in [6.07, 6.45) is 1.56. The number of aromatic carboxylic acids is 1. The zero-order valence-electron chi connectivity index (χ0n) is 10.3. The smallest absolute Gasteiger partial charge is 0.354 e. The Bertz CT molecular complexity index is 599. The second kappa shape index (κ2) is 5.47. The van der Waals surface area contributed by atoms with Crippen molar-refractivity contribution in [2.45, 2.75) is 18.9 Å². The quantitative estimate of drug-likeness (QED) is 0.628. The van der Waals surface area contributed by atoms with Gasteiger partial charge in [0, 0.05) is 18.2 Å². The molecule has 0 aliphatic carbocycles. The first-order valence-corrected chi connectivity index (χ1v) is 5.81. The number of hydrogen-bond donors (Lipinski definition) is 3. The summed E-state index contributed by atoms with van der Waals surface area (Å²) in [5, 5.41) is 13.4. The lowest BCUT2D eigenvalue weighted by Crippen LogP contribution is -2.52. The van der Waals surface area contributed by atoms with Crippen LogP contribution in [0.5, 0.6) is 0 Å². The zero-order chi connectivity index (χ0) is 14.7. The lowest BCUT2D eigenvalue weighted by atomic mass is 10.1. The fraction of sp³-hybridized carbons (Fsp3) is 0.250. The molecule has 20 heavy (non-hydrogen) atoms. The van der Waals surface area contributed by atoms with Crippen LogP contribution in [-0.4, -0.2) is 39.8 Å². The van der Waals surface area contributed by atoms with Crippen LogP contribution >= 0.6 is 0 Å². The van der Waals surface area contributed by atoms with Crippen LogP contribution in [0, 0.1) is 0 Å². The van der Waals surface area contributed by atoms with E-state index in [1.54, 1.807) is 0 Å². The number of carboxylic acid groups (broad SMARTS) is 1. The van der Waals surface area contributed by atoms with E-state index in [-0.39, 0.29) is 30.0 Å². The van der Waals surface area contributed by atoms with E-state index in [2.05, 4.69) is 15.6 Å². The molecule has 0 spiro atoms. The highest BCUT2D eigenvalue weighted by Gasteiger charge is 2.28. The number of hydrogen-bond acceptors (Lipinski definition) is 5. The number of piperidine rings is 1. The van der Waals surface area contributed by atoms with E-state index in [0.717, 1.165) is 6.07 Å². The number of aromatic nitrogens is 1. The van der Waals surface area contributed by atoms with Gasteiger partial charge in [-0.3, -0.25) is 19.7 Å². The van der Waals surface area contributed by atoms with Gasteiger partial charge in [-0.25, -0.2) is 9.78 Å². The molecule has 1 atom stereocenters. The molecule has 1 aliphatic rings. The van der Waals surface area contributed by atoms with Crippen molar-refractivity contribution in [2.75, 3.05) is 0 Å². The molecule has 3 amide bonds. The molecule has 1 aliphatic heterocycles. The molecule has 3 N–H and O–H groups in total. The summed E-state index contributed by atoms with van der Waals surface area (Å²) in [5.41, 5.74) is -0.178. The van der Waals surface area contributed by atoms with Crippen molar-refractivity contribution in [1.29, 1.82) is 0 Å². The summed E-state index contributed by atoms with van der Waals surface area (Å²) in [4.78, 5) is 48.7. The van der Waals surface area contributed by atoms with Gasteiger partial charge in [-0.15, -0.1) is 0 Å². The number of nitrogens with one attached hydrogen (secondary N) is 2. The molecule has 0 aromatic carbocycles. The minimum absolute atomic E-state index is 0.0853. The standard InChI is InChI=1S/C12H11N3O5/c16-9-2-1-7(11(18)15-9)14-10(17)6-3-4-13-8(5-6)12(19)20/h3-5,7H,1-2H2,(H,14,17)(H,19,20)(H,15,16,18). The first-order chi connectivity index (χ1) is 9.47. The molecule has 1 unspecified atom stereocenters. The molecule has 1 fully saturated rings. The highest BCUT2D eigenvalue weighted by atomic mass is 16.4. The van der Waals surface area contributed by atoms with Crippen LogP contribution in [-0.2, 0) is 9.59 Å². The SMILES string of the molecule is O=C1CCC(NC(=O)c2ccnc(C(=O)O)c2)C(=O)N1. The van der Waals surface area contributed by atoms with Crippen molar-refractivity contribution in [3.63, 3.8) is 0 Å². The molecule has 2 heterocycles. The van der Waals surface area contributed by atoms with Gasteiger partial charge in [-0.05, 0) is 18.6 Å². The minimum atomic E-state index is -1.25. The summed E-state index contributed by atoms with van der Waals surface area (Å²) in [5.74, 6) is -2.79. The Morgan fingerprint density at radius 1 is 1.40 bits per heavy atom. The van der Waals surface area contributed by atoms with Crippen molar-refractivity contribution in [1.82, 2.24) is 15.6 Å². The predicted octanol–water partition coefficient (Wildman–Crippen LogP) is -0.685. The lowest BCUT2D eigenvalue weighted by Gasteiger charge is -2.21. The van der Waals surface area contributed by atoms with Crippen molar-refractivity contribution in [3.05, 3.63) is 29.6 Å². The number of amides is 3. The van der Waals surface area contributed by atoms with Crippen LogP contribution in [0.3, 0.4) is 0 Å². The van der Waals surface area contributed by atoms with Gasteiger partial charge in [0.2, 0.25) is 11.8 Å². The van der Waals surface area contributed by atoms with Gasteiger partial charge in [-0.2, -0.15) is 0 Å². The van der Waals surface area contributed by atoms with Crippen molar-refractivity contribution in [3.8, 4) is 0 Å². The Morgan fingerprint density at radius 2 is 2.15 bits per heavy atom. The highest BCUT2D eigenvalue weighted by molar-refractivity contribution is 6.04. The Hall–Kier alpha value is -2.77. The summed E-state index contributed by atoms with van der Waals surface area (Å²) in [7, 11) is 0. The molecule has 0 bridgehead atoms. The fourth-order valence-corrected chi connectivity index (χ4v) is 1.76. The van der Waals surface area contributed by atoms with Crippen LogP contribution in [0.15, 0.2) is 18.3 Å². The summed E-state index contributed by atoms with van der Waals surface area (Å²) < 4.78 is 0. The van der Waals surface area contributed by atoms with Crippen LogP contribution in [0.4, 0.5) is 0 Å². The summed E-state index contributed by atoms with van der Waals surface area (Å²) in [6, 6.07) is 1.65. The van der Waals surface area contributed by atoms with Crippen LogP contribution in [0.1, 0.15) is 33.7 Å². The monoisotopic (exact) mass is 277 g/mol. The Balaban J connectivity index is 2.08. The van der Waals surface area contributed by atoms with E-state index in [1.807, 2.05) is 0 Å². The second-order valence-electron chi connectivity index (χ2n) is 4.21. The molecule has 1 saturated heterocycles. The van der Waals surface area contributed by atoms with E-state index < -0.39 is 23.8 Å². The maximum atomic E-state index is 11.9. The first kappa shape index (κ1) is 13.7. The third-order valence-corrected chi connectivity index (χ3v) is 2.79. The Morgan fingerprint density at radius 3 is 2.80 bits per heavy atom. The van der Waals surface area contributed by atoms with Gasteiger partial charge in [0.25, 0.3) is 5.91 Å². The lowest BCUT2D eigenvalue weighted by molar-refractivity contribution is -0.134. The maximum Gasteiger partial charge on any atom is 0.354 e. The van der Waals surface area contributed by atoms with E-state index in [1.165, 1.54) is 12.3 Å². The predicted molar refractivity (Wildman–Crippen MR) is 64.8 cm³/mol. The normalized spacial score (nSPS) is 18.3. The third kappa shape index (κ3) is 2.97. The molecule has 8 nitrogen and oxygen atoms in total. The van der Waals surface area contributed by atoms with Gasteiger partial charge in [0.15, 0.2) is 0 Å². The molecule has 1 aromatic rings. The van der Waals surface area contributed by atoms with E-state index in [9.17, 15) is 19.2 Å². The van der Waals surface area contributed by atoms with Gasteiger partial charge < -0.3 is 10.4 Å². The van der Waals surface area contributed by atoms with Crippen molar-refractivity contribution in [2.24, 2.45) is 0 Å². The molecule has 2 rings (SSSR count). The first-order valence-electron chi connectivity index (χ1n) is 5.81. The maximum absolute atomic E-state index is 11.9. The number of carbonyl (C=O) groups is 4. The second-order valence-corrected chi connectivity index (χ2v) is 4.21. The van der Waals surface area contributed by atoms with Crippen LogP contribution in [0.25, 0.3) is 0 Å². The summed E-state index contributed by atoms with van der Waals surface area (Å²) in [6.45, 7) is 0. The van der Waals surface area contributed by atoms with E-state index in [4.69, 9.17) is 5.11 Å². The van der Waals surface area contributed by atoms with Gasteiger partial charge in [-0.1, -0.05) is 0 Å². The van der Waals surface area contributed by atoms with Crippen LogP contribution in [0.2, 0.25) is 0 Å². The zero-order valence-corrected chi connectivity index (χ0v) is 10.3. The van der Waals surface area contributed by atoms with Gasteiger partial charge in [0.1, 0.15) is 11.7 Å². The largest absolute Gasteiger partial charge is 0.477 e. The number of carboxylic acids is 1. The molecule has 104 valence electrons. The topological polar surface area (TPSA) is 125 Å². The molecule has 0 radical (unpaired) electrons. The van der Waals surface area contributed by atoms with Crippen LogP contribution < -0.4 is 10.6 Å². The molecule has 1 aromatic heterocycles. The number of pyridine rings is 1. The number of carbonyl (C=O) groups excluding carboxylic acids is 3. The molecule has 0 saturated carbocycles. The molecular weight excluding hydrogens is 266 g/mol. The molecular formula is C12H11N3O5. The van der Waals surface area contributed by atoms with E-state index in [0.29, 0.717) is 0 Å². The van der Waals surface area contributed by atoms with Crippen molar-refractivity contribution >= 4 is 23.7 Å². The van der Waals surface area contributed by atoms with Gasteiger partial charge in [0.05, 0.1) is 0 Å². The Labute approximate surface area is 113 Å². The van der Waals surface area contributed by atoms with Crippen molar-refractivity contribution < 1.29 is 24.3 Å². The Kier molecular flexibility index (Phi) is 3.74. The summed E-state index contributed by atoms with van der Waals surface area (Å²) >= 11 is 0. The van der Waals surface area contributed by atoms with E-state index >= 15 is 0 Å². The number of imide groups is 1. The molecule has 8 heteroatoms. The van der Waals surface area contributed by atoms with Gasteiger partial charge >= 0.3 is 5.97 Å².